The maximum atomic E-state index is 15.5. The van der Waals surface area contributed by atoms with Crippen molar-refractivity contribution in [1.29, 1.82) is 0 Å². The standard InChI is InChI=1S/C39H32F2N6O5/c40-24-5-12-32-28(17-24)36(43-26-8-6-25(7-9-26)42-20-23-3-1-2-4-35(23)48)38(50)47(32)22-44-13-15-45(16-14-44)34-19-33-29(18-31(34)41)37(49)30(39(51)52)21-46(33)27-10-11-27/h1-9,12,17-21,27,48H,10-11,13-16,22H2,(H,51,52). The Morgan fingerprint density at radius 2 is 1.62 bits per heavy atom. The fourth-order valence-electron chi connectivity index (χ4n) is 6.76. The summed E-state index contributed by atoms with van der Waals surface area (Å²) in [6.45, 7) is 2.05. The van der Waals surface area contributed by atoms with Crippen molar-refractivity contribution in [1.82, 2.24) is 9.47 Å². The molecule has 3 aliphatic rings. The van der Waals surface area contributed by atoms with Gasteiger partial charge < -0.3 is 19.7 Å². The van der Waals surface area contributed by atoms with Gasteiger partial charge in [-0.15, -0.1) is 0 Å². The first-order valence-electron chi connectivity index (χ1n) is 16.9. The highest BCUT2D eigenvalue weighted by molar-refractivity contribution is 6.54. The smallest absolute Gasteiger partial charge is 0.341 e. The second-order valence-corrected chi connectivity index (χ2v) is 13.1. The zero-order valence-corrected chi connectivity index (χ0v) is 27.7. The zero-order chi connectivity index (χ0) is 36.1. The van der Waals surface area contributed by atoms with Gasteiger partial charge >= 0.3 is 5.97 Å². The van der Waals surface area contributed by atoms with Crippen LogP contribution in [0, 0.1) is 11.6 Å². The number of fused-ring (bicyclic) bond motifs is 2. The van der Waals surface area contributed by atoms with E-state index in [9.17, 15) is 29.0 Å². The number of aromatic hydroxyl groups is 1. The van der Waals surface area contributed by atoms with E-state index in [1.54, 1.807) is 76.3 Å². The number of phenols is 1. The Kier molecular flexibility index (Phi) is 8.34. The molecule has 2 fully saturated rings. The molecule has 0 radical (unpaired) electrons. The molecule has 262 valence electrons. The van der Waals surface area contributed by atoms with Crippen LogP contribution in [-0.2, 0) is 4.79 Å². The van der Waals surface area contributed by atoms with Gasteiger partial charge in [-0.25, -0.2) is 18.6 Å². The molecule has 1 saturated heterocycles. The number of carboxylic acids is 1. The number of hydrogen-bond acceptors (Lipinski definition) is 8. The monoisotopic (exact) mass is 702 g/mol. The van der Waals surface area contributed by atoms with Crippen molar-refractivity contribution >= 4 is 57.5 Å². The minimum Gasteiger partial charge on any atom is -0.507 e. The highest BCUT2D eigenvalue weighted by Gasteiger charge is 2.36. The normalized spacial score (nSPS) is 17.1. The van der Waals surface area contributed by atoms with E-state index < -0.39 is 23.0 Å². The third-order valence-electron chi connectivity index (χ3n) is 9.66. The number of pyridine rings is 1. The maximum Gasteiger partial charge on any atom is 0.341 e. The summed E-state index contributed by atoms with van der Waals surface area (Å²) in [6, 6.07) is 20.7. The summed E-state index contributed by atoms with van der Waals surface area (Å²) in [5, 5.41) is 19.6. The fourth-order valence-corrected chi connectivity index (χ4v) is 6.76. The number of amides is 1. The van der Waals surface area contributed by atoms with E-state index in [0.717, 1.165) is 18.9 Å². The number of carboxylic acid groups (broad SMARTS) is 1. The van der Waals surface area contributed by atoms with Crippen LogP contribution >= 0.6 is 0 Å². The Bertz CT molecular complexity index is 2380. The molecule has 1 amide bonds. The molecule has 0 atom stereocenters. The Labute approximate surface area is 296 Å². The number of rotatable bonds is 8. The van der Waals surface area contributed by atoms with Crippen molar-refractivity contribution in [3.63, 3.8) is 0 Å². The number of aromatic carboxylic acids is 1. The van der Waals surface area contributed by atoms with Crippen LogP contribution in [0.15, 0.2) is 99.8 Å². The van der Waals surface area contributed by atoms with Crippen LogP contribution < -0.4 is 15.2 Å². The molecule has 8 rings (SSSR count). The highest BCUT2D eigenvalue weighted by atomic mass is 19.1. The topological polar surface area (TPSA) is 131 Å². The van der Waals surface area contributed by atoms with Gasteiger partial charge in [-0.1, -0.05) is 12.1 Å². The van der Waals surface area contributed by atoms with Gasteiger partial charge in [0.05, 0.1) is 34.9 Å². The van der Waals surface area contributed by atoms with Crippen molar-refractivity contribution in [2.75, 3.05) is 42.6 Å². The number of carbonyl (C=O) groups is 2. The summed E-state index contributed by atoms with van der Waals surface area (Å²) >= 11 is 0. The molecule has 1 aromatic heterocycles. The number of carbonyl (C=O) groups excluding carboxylic acids is 1. The van der Waals surface area contributed by atoms with Gasteiger partial charge in [0.25, 0.3) is 5.91 Å². The molecule has 52 heavy (non-hydrogen) atoms. The summed E-state index contributed by atoms with van der Waals surface area (Å²) in [7, 11) is 0. The molecule has 1 aliphatic carbocycles. The summed E-state index contributed by atoms with van der Waals surface area (Å²) in [4.78, 5) is 53.0. The highest BCUT2D eigenvalue weighted by Crippen LogP contribution is 2.38. The molecular formula is C39H32F2N6O5. The van der Waals surface area contributed by atoms with Crippen LogP contribution in [0.4, 0.5) is 31.5 Å². The molecule has 2 N–H and O–H groups in total. The molecule has 0 bridgehead atoms. The number of nitrogens with zero attached hydrogens (tertiary/aromatic N) is 6. The number of aromatic nitrogens is 1. The molecule has 5 aromatic rings. The van der Waals surface area contributed by atoms with E-state index in [4.69, 9.17) is 0 Å². The Morgan fingerprint density at radius 1 is 0.885 bits per heavy atom. The van der Waals surface area contributed by atoms with E-state index >= 15 is 4.39 Å². The first kappa shape index (κ1) is 33.0. The largest absolute Gasteiger partial charge is 0.507 e. The molecular weight excluding hydrogens is 670 g/mol. The van der Waals surface area contributed by atoms with E-state index in [-0.39, 0.29) is 41.0 Å². The van der Waals surface area contributed by atoms with Crippen molar-refractivity contribution in [2.45, 2.75) is 18.9 Å². The third kappa shape index (κ3) is 6.19. The number of benzene rings is 4. The van der Waals surface area contributed by atoms with Crippen LogP contribution in [0.2, 0.25) is 0 Å². The first-order chi connectivity index (χ1) is 25.1. The number of phenolic OH excluding ortho intramolecular Hbond substituents is 1. The van der Waals surface area contributed by atoms with Crippen LogP contribution in [-0.4, -0.2) is 76.3 Å². The predicted molar refractivity (Wildman–Crippen MR) is 194 cm³/mol. The molecule has 0 spiro atoms. The van der Waals surface area contributed by atoms with Crippen LogP contribution in [0.25, 0.3) is 10.9 Å². The second kappa shape index (κ2) is 13.2. The lowest BCUT2D eigenvalue weighted by Gasteiger charge is -2.38. The van der Waals surface area contributed by atoms with Gasteiger partial charge in [0.2, 0.25) is 5.43 Å². The molecule has 13 heteroatoms. The minimum atomic E-state index is -1.34. The van der Waals surface area contributed by atoms with Gasteiger partial charge in [-0.05, 0) is 79.6 Å². The Hall–Kier alpha value is -6.21. The average Bonchev–Trinajstić information content (AvgIpc) is 3.96. The first-order valence-corrected chi connectivity index (χ1v) is 16.9. The number of anilines is 2. The lowest BCUT2D eigenvalue weighted by Crippen LogP contribution is -2.51. The number of para-hydroxylation sites is 1. The average molecular weight is 703 g/mol. The van der Waals surface area contributed by atoms with Crippen molar-refractivity contribution in [3.05, 3.63) is 124 Å². The van der Waals surface area contributed by atoms with Gasteiger partial charge in [0.1, 0.15) is 28.7 Å². The molecule has 11 nitrogen and oxygen atoms in total. The summed E-state index contributed by atoms with van der Waals surface area (Å²) < 4.78 is 31.8. The van der Waals surface area contributed by atoms with Gasteiger partial charge in [-0.3, -0.25) is 24.4 Å². The molecule has 4 aromatic carbocycles. The van der Waals surface area contributed by atoms with Gasteiger partial charge in [0.15, 0.2) is 0 Å². The van der Waals surface area contributed by atoms with E-state index in [1.807, 2.05) is 4.90 Å². The number of piperazine rings is 1. The molecule has 1 saturated carbocycles. The number of halogens is 2. The second-order valence-electron chi connectivity index (χ2n) is 13.1. The van der Waals surface area contributed by atoms with Crippen LogP contribution in [0.1, 0.15) is 40.4 Å². The van der Waals surface area contributed by atoms with Gasteiger partial charge in [0, 0.05) is 61.1 Å². The Morgan fingerprint density at radius 3 is 2.33 bits per heavy atom. The number of aliphatic imine (C=N–C) groups is 2. The molecule has 3 heterocycles. The summed E-state index contributed by atoms with van der Waals surface area (Å²) in [5.41, 5.74) is 2.46. The van der Waals surface area contributed by atoms with E-state index in [0.29, 0.717) is 65.6 Å². The lowest BCUT2D eigenvalue weighted by molar-refractivity contribution is -0.112. The van der Waals surface area contributed by atoms with E-state index in [1.165, 1.54) is 18.3 Å². The van der Waals surface area contributed by atoms with Crippen LogP contribution in [0.3, 0.4) is 0 Å². The van der Waals surface area contributed by atoms with Crippen LogP contribution in [0.5, 0.6) is 5.75 Å². The van der Waals surface area contributed by atoms with Crippen molar-refractivity contribution < 1.29 is 28.6 Å². The summed E-state index contributed by atoms with van der Waals surface area (Å²) in [5.74, 6) is -2.70. The number of hydrogen-bond donors (Lipinski definition) is 2. The quantitative estimate of drug-likeness (QED) is 0.189. The predicted octanol–water partition coefficient (Wildman–Crippen LogP) is 6.02. The fraction of sp³-hybridized carbons (Fsp3) is 0.205. The SMILES string of the molecule is O=C(O)c1cn(C2CC2)c2cc(N3CCN(CN4C(=O)C(=Nc5ccc(N=Cc6ccccc6O)cc5)c5cc(F)ccc54)CC3)c(F)cc2c1=O. The minimum absolute atomic E-state index is 0.0421. The zero-order valence-electron chi connectivity index (χ0n) is 27.7. The summed E-state index contributed by atoms with van der Waals surface area (Å²) in [6.07, 6.45) is 4.62. The molecule has 0 unspecified atom stereocenters. The van der Waals surface area contributed by atoms with Crippen molar-refractivity contribution in [2.24, 2.45) is 9.98 Å². The third-order valence-corrected chi connectivity index (χ3v) is 9.66. The Balaban J connectivity index is 0.989. The van der Waals surface area contributed by atoms with Crippen molar-refractivity contribution in [3.8, 4) is 5.75 Å². The van der Waals surface area contributed by atoms with E-state index in [2.05, 4.69) is 14.9 Å². The molecule has 2 aliphatic heterocycles. The lowest BCUT2D eigenvalue weighted by atomic mass is 10.1. The maximum absolute atomic E-state index is 15.5. The van der Waals surface area contributed by atoms with Gasteiger partial charge in [-0.2, -0.15) is 0 Å².